The van der Waals surface area contributed by atoms with Crippen LogP contribution in [0.15, 0.2) is 53.5 Å². The van der Waals surface area contributed by atoms with Crippen molar-refractivity contribution in [2.24, 2.45) is 5.73 Å². The van der Waals surface area contributed by atoms with Crippen molar-refractivity contribution in [3.05, 3.63) is 64.6 Å². The van der Waals surface area contributed by atoms with Crippen LogP contribution in [0.1, 0.15) is 18.4 Å². The number of nitrogens with two attached hydrogens (primary N) is 1. The fourth-order valence-electron chi connectivity index (χ4n) is 2.82. The zero-order chi connectivity index (χ0) is 16.9. The topological polar surface area (TPSA) is 86.4 Å². The van der Waals surface area contributed by atoms with E-state index in [9.17, 15) is 9.59 Å². The summed E-state index contributed by atoms with van der Waals surface area (Å²) in [4.78, 5) is 24.8. The summed E-state index contributed by atoms with van der Waals surface area (Å²) in [5.74, 6) is -0.291. The number of carbonyl (C=O) groups is 1. The number of carbonyl (C=O) groups excluding carboxylic acids is 1. The Kier molecular flexibility index (Phi) is 6.75. The molecule has 1 aromatic carbocycles. The zero-order valence-corrected chi connectivity index (χ0v) is 14.6. The van der Waals surface area contributed by atoms with Crippen LogP contribution in [0, 0.1) is 0 Å². The molecule has 1 amide bonds. The Labute approximate surface area is 152 Å². The molecular formula is C18H22ClN3O3. The van der Waals surface area contributed by atoms with Gasteiger partial charge in [0.1, 0.15) is 11.8 Å². The van der Waals surface area contributed by atoms with Crippen LogP contribution in [0.25, 0.3) is 0 Å². The third kappa shape index (κ3) is 4.69. The van der Waals surface area contributed by atoms with E-state index in [4.69, 9.17) is 10.5 Å². The smallest absolute Gasteiger partial charge is 0.274 e. The number of rotatable bonds is 5. The van der Waals surface area contributed by atoms with E-state index < -0.39 is 6.10 Å². The first-order chi connectivity index (χ1) is 11.7. The third-order valence-corrected chi connectivity index (χ3v) is 4.14. The Morgan fingerprint density at radius 2 is 1.96 bits per heavy atom. The molecule has 1 aromatic heterocycles. The molecule has 0 aliphatic carbocycles. The van der Waals surface area contributed by atoms with Crippen molar-refractivity contribution in [3.8, 4) is 0 Å². The number of benzene rings is 1. The van der Waals surface area contributed by atoms with Crippen molar-refractivity contribution < 1.29 is 9.53 Å². The van der Waals surface area contributed by atoms with E-state index in [0.717, 1.165) is 12.0 Å². The normalized spacial score (nSPS) is 19.2. The van der Waals surface area contributed by atoms with Crippen molar-refractivity contribution in [2.75, 3.05) is 11.9 Å². The molecular weight excluding hydrogens is 342 g/mol. The molecule has 0 saturated carbocycles. The van der Waals surface area contributed by atoms with E-state index >= 15 is 0 Å². The average Bonchev–Trinajstić information content (AvgIpc) is 3.09. The van der Waals surface area contributed by atoms with E-state index in [-0.39, 0.29) is 35.7 Å². The Bertz CT molecular complexity index is 764. The number of ether oxygens (including phenoxy) is 1. The van der Waals surface area contributed by atoms with Gasteiger partial charge in [0.05, 0.1) is 12.6 Å². The summed E-state index contributed by atoms with van der Waals surface area (Å²) in [6, 6.07) is 13.1. The quantitative estimate of drug-likeness (QED) is 0.847. The lowest BCUT2D eigenvalue weighted by atomic mass is 10.2. The van der Waals surface area contributed by atoms with Crippen molar-refractivity contribution in [2.45, 2.75) is 31.6 Å². The molecule has 0 radical (unpaired) electrons. The summed E-state index contributed by atoms with van der Waals surface area (Å²) >= 11 is 0. The first-order valence-electron chi connectivity index (χ1n) is 8.07. The minimum Gasteiger partial charge on any atom is -0.364 e. The van der Waals surface area contributed by atoms with Gasteiger partial charge in [-0.05, 0) is 30.5 Å². The Hall–Kier alpha value is -2.15. The van der Waals surface area contributed by atoms with Gasteiger partial charge in [-0.3, -0.25) is 9.59 Å². The third-order valence-electron chi connectivity index (χ3n) is 4.14. The van der Waals surface area contributed by atoms with Gasteiger partial charge in [-0.15, -0.1) is 12.4 Å². The molecule has 2 heterocycles. The predicted octanol–water partition coefficient (Wildman–Crippen LogP) is 1.76. The highest BCUT2D eigenvalue weighted by molar-refractivity contribution is 5.94. The van der Waals surface area contributed by atoms with E-state index in [1.165, 1.54) is 0 Å². The van der Waals surface area contributed by atoms with E-state index in [0.29, 0.717) is 19.5 Å². The predicted molar refractivity (Wildman–Crippen MR) is 99.1 cm³/mol. The van der Waals surface area contributed by atoms with Crippen LogP contribution in [0.2, 0.25) is 0 Å². The molecule has 6 nitrogen and oxygen atoms in total. The van der Waals surface area contributed by atoms with Gasteiger partial charge in [-0.2, -0.15) is 0 Å². The number of aromatic nitrogens is 1. The SMILES string of the molecule is Cl.NC[C@H]1CC[C@@H](C(=O)Nc2cccn(Cc3ccccc3)c2=O)O1. The summed E-state index contributed by atoms with van der Waals surface area (Å²) in [6.07, 6.45) is 2.48. The number of amides is 1. The molecule has 0 spiro atoms. The summed E-state index contributed by atoms with van der Waals surface area (Å²) in [6.45, 7) is 0.859. The standard InChI is InChI=1S/C18H21N3O3.ClH/c19-11-14-8-9-16(24-14)17(22)20-15-7-4-10-21(18(15)23)12-13-5-2-1-3-6-13;/h1-7,10,14,16H,8-9,11-12,19H2,(H,20,22);1H/t14-,16+;/m1./s1. The number of nitrogens with one attached hydrogen (secondary N) is 1. The largest absolute Gasteiger partial charge is 0.364 e. The van der Waals surface area contributed by atoms with Crippen LogP contribution in [0.3, 0.4) is 0 Å². The van der Waals surface area contributed by atoms with Gasteiger partial charge in [0.2, 0.25) is 0 Å². The monoisotopic (exact) mass is 363 g/mol. The number of nitrogens with zero attached hydrogens (tertiary/aromatic N) is 1. The minimum atomic E-state index is -0.541. The molecule has 1 aliphatic rings. The highest BCUT2D eigenvalue weighted by Crippen LogP contribution is 2.19. The molecule has 7 heteroatoms. The summed E-state index contributed by atoms with van der Waals surface area (Å²) < 4.78 is 7.14. The number of hydrogen-bond donors (Lipinski definition) is 2. The van der Waals surface area contributed by atoms with Gasteiger partial charge >= 0.3 is 0 Å². The second-order valence-corrected chi connectivity index (χ2v) is 5.89. The fraction of sp³-hybridized carbons (Fsp3) is 0.333. The Morgan fingerprint density at radius 1 is 1.20 bits per heavy atom. The second kappa shape index (κ2) is 8.80. The fourth-order valence-corrected chi connectivity index (χ4v) is 2.82. The van der Waals surface area contributed by atoms with Crippen LogP contribution in [-0.2, 0) is 16.1 Å². The summed E-state index contributed by atoms with van der Waals surface area (Å²) in [5, 5.41) is 2.68. The molecule has 0 bridgehead atoms. The maximum Gasteiger partial charge on any atom is 0.274 e. The lowest BCUT2D eigenvalue weighted by Crippen LogP contribution is -2.33. The van der Waals surface area contributed by atoms with Crippen molar-refractivity contribution in [1.29, 1.82) is 0 Å². The molecule has 0 unspecified atom stereocenters. The lowest BCUT2D eigenvalue weighted by Gasteiger charge is -2.13. The van der Waals surface area contributed by atoms with Crippen LogP contribution in [0.5, 0.6) is 0 Å². The van der Waals surface area contributed by atoms with Gasteiger partial charge in [0, 0.05) is 12.7 Å². The summed E-state index contributed by atoms with van der Waals surface area (Å²) in [7, 11) is 0. The Balaban J connectivity index is 0.00000225. The van der Waals surface area contributed by atoms with Crippen LogP contribution < -0.4 is 16.6 Å². The Morgan fingerprint density at radius 3 is 2.64 bits per heavy atom. The first-order valence-corrected chi connectivity index (χ1v) is 8.07. The van der Waals surface area contributed by atoms with Gasteiger partial charge in [-0.1, -0.05) is 30.3 Å². The molecule has 3 N–H and O–H groups in total. The van der Waals surface area contributed by atoms with Crippen LogP contribution in [-0.4, -0.2) is 29.2 Å². The highest BCUT2D eigenvalue weighted by atomic mass is 35.5. The number of halogens is 1. The average molecular weight is 364 g/mol. The molecule has 1 saturated heterocycles. The maximum absolute atomic E-state index is 12.5. The molecule has 2 atom stereocenters. The van der Waals surface area contributed by atoms with Crippen molar-refractivity contribution in [3.63, 3.8) is 0 Å². The molecule has 1 aliphatic heterocycles. The van der Waals surface area contributed by atoms with Gasteiger partial charge in [0.15, 0.2) is 0 Å². The number of anilines is 1. The highest BCUT2D eigenvalue weighted by Gasteiger charge is 2.30. The number of pyridine rings is 1. The van der Waals surface area contributed by atoms with E-state index in [1.54, 1.807) is 22.9 Å². The van der Waals surface area contributed by atoms with Crippen LogP contribution >= 0.6 is 12.4 Å². The number of hydrogen-bond acceptors (Lipinski definition) is 4. The molecule has 1 fully saturated rings. The first kappa shape index (κ1) is 19.2. The maximum atomic E-state index is 12.5. The summed E-state index contributed by atoms with van der Waals surface area (Å²) in [5.41, 5.74) is 6.61. The lowest BCUT2D eigenvalue weighted by molar-refractivity contribution is -0.126. The molecule has 3 rings (SSSR count). The van der Waals surface area contributed by atoms with Crippen molar-refractivity contribution in [1.82, 2.24) is 4.57 Å². The van der Waals surface area contributed by atoms with E-state index in [2.05, 4.69) is 5.32 Å². The molecule has 25 heavy (non-hydrogen) atoms. The molecule has 2 aromatic rings. The van der Waals surface area contributed by atoms with Gasteiger partial charge in [-0.25, -0.2) is 0 Å². The minimum absolute atomic E-state index is 0. The van der Waals surface area contributed by atoms with Crippen LogP contribution in [0.4, 0.5) is 5.69 Å². The molecule has 134 valence electrons. The van der Waals surface area contributed by atoms with Gasteiger partial charge in [0.25, 0.3) is 11.5 Å². The zero-order valence-electron chi connectivity index (χ0n) is 13.8. The second-order valence-electron chi connectivity index (χ2n) is 5.89. The van der Waals surface area contributed by atoms with Crippen molar-refractivity contribution >= 4 is 24.0 Å². The van der Waals surface area contributed by atoms with Gasteiger partial charge < -0.3 is 20.4 Å². The van der Waals surface area contributed by atoms with E-state index in [1.807, 2.05) is 30.3 Å².